The van der Waals surface area contributed by atoms with Crippen molar-refractivity contribution in [2.24, 2.45) is 5.73 Å². The average molecular weight is 496 g/mol. The highest BCUT2D eigenvalue weighted by Crippen LogP contribution is 2.31. The van der Waals surface area contributed by atoms with Gasteiger partial charge in [0, 0.05) is 12.1 Å². The van der Waals surface area contributed by atoms with Gasteiger partial charge in [0.1, 0.15) is 16.7 Å². The Labute approximate surface area is 207 Å². The number of carbonyl (C=O) groups excluding carboxylic acids is 3. The maximum absolute atomic E-state index is 13.9. The highest BCUT2D eigenvalue weighted by molar-refractivity contribution is 7.09. The van der Waals surface area contributed by atoms with Crippen LogP contribution in [0.2, 0.25) is 0 Å². The molecule has 0 saturated heterocycles. The average Bonchev–Trinajstić information content (AvgIpc) is 3.21. The molecule has 0 spiro atoms. The lowest BCUT2D eigenvalue weighted by Crippen LogP contribution is -2.50. The maximum atomic E-state index is 13.9. The lowest BCUT2D eigenvalue weighted by Gasteiger charge is -2.34. The number of phenols is 1. The summed E-state index contributed by atoms with van der Waals surface area (Å²) in [6.45, 7) is 5.81. The quantitative estimate of drug-likeness (QED) is 0.358. The molecule has 1 heterocycles. The van der Waals surface area contributed by atoms with Crippen molar-refractivity contribution in [2.45, 2.75) is 45.3 Å². The van der Waals surface area contributed by atoms with E-state index in [-0.39, 0.29) is 28.6 Å². The molecular formula is C25H29N5O4S. The number of hydrogen-bond acceptors (Lipinski definition) is 7. The van der Waals surface area contributed by atoms with Crippen molar-refractivity contribution in [3.05, 3.63) is 76.3 Å². The largest absolute Gasteiger partial charge is 0.508 e. The van der Waals surface area contributed by atoms with Crippen LogP contribution in [-0.2, 0) is 11.3 Å². The minimum atomic E-state index is -1.06. The monoisotopic (exact) mass is 495 g/mol. The number of amides is 3. The Hall–Kier alpha value is -3.92. The molecule has 3 amide bonds. The predicted octanol–water partition coefficient (Wildman–Crippen LogP) is 3.22. The molecule has 3 aromatic rings. The van der Waals surface area contributed by atoms with Crippen LogP contribution in [-0.4, -0.2) is 37.6 Å². The van der Waals surface area contributed by atoms with Crippen LogP contribution >= 0.6 is 11.5 Å². The van der Waals surface area contributed by atoms with Crippen molar-refractivity contribution < 1.29 is 19.5 Å². The molecule has 6 N–H and O–H groups in total. The summed E-state index contributed by atoms with van der Waals surface area (Å²) in [6, 6.07) is 14.2. The van der Waals surface area contributed by atoms with Gasteiger partial charge >= 0.3 is 0 Å². The number of benzene rings is 2. The third kappa shape index (κ3) is 5.96. The van der Waals surface area contributed by atoms with Crippen LogP contribution < -0.4 is 16.8 Å². The molecule has 10 heteroatoms. The molecule has 184 valence electrons. The van der Waals surface area contributed by atoms with Crippen LogP contribution in [0.1, 0.15) is 64.5 Å². The van der Waals surface area contributed by atoms with Crippen molar-refractivity contribution in [1.82, 2.24) is 14.6 Å². The van der Waals surface area contributed by atoms with E-state index < -0.39 is 29.3 Å². The normalized spacial score (nSPS) is 12.1. The first kappa shape index (κ1) is 25.7. The summed E-state index contributed by atoms with van der Waals surface area (Å²) in [5.41, 5.74) is 11.8. The van der Waals surface area contributed by atoms with E-state index in [0.717, 1.165) is 17.1 Å². The van der Waals surface area contributed by atoms with E-state index in [0.29, 0.717) is 12.0 Å². The Kier molecular flexibility index (Phi) is 7.75. The Bertz CT molecular complexity index is 1210. The van der Waals surface area contributed by atoms with Crippen LogP contribution in [0.3, 0.4) is 0 Å². The van der Waals surface area contributed by atoms with Gasteiger partial charge in [0.15, 0.2) is 5.69 Å². The first-order chi connectivity index (χ1) is 16.5. The van der Waals surface area contributed by atoms with Gasteiger partial charge in [-0.15, -0.1) is 0 Å². The zero-order chi connectivity index (χ0) is 25.8. The molecular weight excluding hydrogens is 466 g/mol. The SMILES string of the molecule is CCC(C)(C)NC(=O)[C@H](c1ccc(O)cc1)N(Cc1ccccc1)C(=O)c1snc(C(N)=O)c1N. The van der Waals surface area contributed by atoms with E-state index in [9.17, 15) is 19.5 Å². The van der Waals surface area contributed by atoms with E-state index in [1.54, 1.807) is 12.1 Å². The topological polar surface area (TPSA) is 152 Å². The molecule has 0 fully saturated rings. The molecule has 0 saturated carbocycles. The molecule has 0 unspecified atom stereocenters. The summed E-state index contributed by atoms with van der Waals surface area (Å²) in [6.07, 6.45) is 0.664. The van der Waals surface area contributed by atoms with Crippen molar-refractivity contribution in [3.63, 3.8) is 0 Å². The fourth-order valence-electron chi connectivity index (χ4n) is 3.44. The van der Waals surface area contributed by atoms with Crippen molar-refractivity contribution >= 4 is 34.9 Å². The molecule has 1 aromatic heterocycles. The number of rotatable bonds is 9. The number of hydrogen-bond donors (Lipinski definition) is 4. The molecule has 2 aromatic carbocycles. The number of aromatic hydroxyl groups is 1. The number of carbonyl (C=O) groups is 3. The number of phenolic OH excluding ortho intramolecular Hbond substituents is 1. The summed E-state index contributed by atoms with van der Waals surface area (Å²) >= 11 is 0.757. The van der Waals surface area contributed by atoms with Crippen LogP contribution in [0, 0.1) is 0 Å². The van der Waals surface area contributed by atoms with Gasteiger partial charge in [-0.05, 0) is 55.1 Å². The molecule has 3 rings (SSSR count). The van der Waals surface area contributed by atoms with Gasteiger partial charge in [-0.2, -0.15) is 4.37 Å². The van der Waals surface area contributed by atoms with E-state index in [1.165, 1.54) is 17.0 Å². The zero-order valence-electron chi connectivity index (χ0n) is 19.8. The smallest absolute Gasteiger partial charge is 0.270 e. The number of nitrogens with two attached hydrogens (primary N) is 2. The highest BCUT2D eigenvalue weighted by Gasteiger charge is 2.36. The molecule has 9 nitrogen and oxygen atoms in total. The van der Waals surface area contributed by atoms with Crippen LogP contribution in [0.25, 0.3) is 0 Å². The van der Waals surface area contributed by atoms with Crippen LogP contribution in [0.4, 0.5) is 5.69 Å². The van der Waals surface area contributed by atoms with Gasteiger partial charge in [0.25, 0.3) is 11.8 Å². The number of anilines is 1. The number of nitrogen functional groups attached to an aromatic ring is 1. The van der Waals surface area contributed by atoms with Gasteiger partial charge in [0.05, 0.1) is 5.69 Å². The van der Waals surface area contributed by atoms with Gasteiger partial charge < -0.3 is 26.8 Å². The predicted molar refractivity (Wildman–Crippen MR) is 135 cm³/mol. The van der Waals surface area contributed by atoms with E-state index in [1.807, 2.05) is 51.1 Å². The fourth-order valence-corrected chi connectivity index (χ4v) is 4.20. The van der Waals surface area contributed by atoms with Crippen LogP contribution in [0.15, 0.2) is 54.6 Å². The van der Waals surface area contributed by atoms with E-state index in [4.69, 9.17) is 11.5 Å². The van der Waals surface area contributed by atoms with Crippen LogP contribution in [0.5, 0.6) is 5.75 Å². The fraction of sp³-hybridized carbons (Fsp3) is 0.280. The second-order valence-electron chi connectivity index (χ2n) is 8.78. The van der Waals surface area contributed by atoms with Gasteiger partial charge in [-0.1, -0.05) is 49.4 Å². The maximum Gasteiger partial charge on any atom is 0.270 e. The lowest BCUT2D eigenvalue weighted by molar-refractivity contribution is -0.127. The molecule has 0 aliphatic rings. The standard InChI is InChI=1S/C25H29N5O4S/c1-4-25(2,3)28-23(33)20(16-10-12-17(31)13-11-16)30(14-15-8-6-5-7-9-15)24(34)21-18(26)19(22(27)32)29-35-21/h5-13,20,31H,4,14,26H2,1-3H3,(H2,27,32)(H,28,33)/t20-/m0/s1. The van der Waals surface area contributed by atoms with Gasteiger partial charge in [0.2, 0.25) is 5.91 Å². The third-order valence-corrected chi connectivity index (χ3v) is 6.58. The second-order valence-corrected chi connectivity index (χ2v) is 9.55. The number of nitrogens with one attached hydrogen (secondary N) is 1. The zero-order valence-corrected chi connectivity index (χ0v) is 20.6. The highest BCUT2D eigenvalue weighted by atomic mass is 32.1. The molecule has 0 bridgehead atoms. The summed E-state index contributed by atoms with van der Waals surface area (Å²) < 4.78 is 3.95. The van der Waals surface area contributed by atoms with Crippen molar-refractivity contribution in [1.29, 1.82) is 0 Å². The minimum absolute atomic E-state index is 0.0149. The minimum Gasteiger partial charge on any atom is -0.508 e. The summed E-state index contributed by atoms with van der Waals surface area (Å²) in [5.74, 6) is -1.78. The molecule has 0 aliphatic heterocycles. The number of nitrogens with zero attached hydrogens (tertiary/aromatic N) is 2. The summed E-state index contributed by atoms with van der Waals surface area (Å²) in [5, 5.41) is 12.8. The third-order valence-electron chi connectivity index (χ3n) is 5.73. The molecule has 35 heavy (non-hydrogen) atoms. The van der Waals surface area contributed by atoms with E-state index in [2.05, 4.69) is 9.69 Å². The summed E-state index contributed by atoms with van der Waals surface area (Å²) in [4.78, 5) is 40.6. The number of aromatic nitrogens is 1. The first-order valence-corrected chi connectivity index (χ1v) is 11.8. The van der Waals surface area contributed by atoms with Gasteiger partial charge in [-0.25, -0.2) is 0 Å². The first-order valence-electron chi connectivity index (χ1n) is 11.0. The van der Waals surface area contributed by atoms with Crippen molar-refractivity contribution in [2.75, 3.05) is 5.73 Å². The van der Waals surface area contributed by atoms with Gasteiger partial charge in [-0.3, -0.25) is 14.4 Å². The Morgan fingerprint density at radius 3 is 2.29 bits per heavy atom. The molecule has 1 atom stereocenters. The Morgan fingerprint density at radius 1 is 1.11 bits per heavy atom. The second kappa shape index (κ2) is 10.6. The molecule has 0 aliphatic carbocycles. The van der Waals surface area contributed by atoms with E-state index >= 15 is 0 Å². The van der Waals surface area contributed by atoms with Crippen molar-refractivity contribution in [3.8, 4) is 5.75 Å². The summed E-state index contributed by atoms with van der Waals surface area (Å²) in [7, 11) is 0. The molecule has 0 radical (unpaired) electrons. The lowest BCUT2D eigenvalue weighted by atomic mass is 9.98. The Balaban J connectivity index is 2.15. The Morgan fingerprint density at radius 2 is 1.74 bits per heavy atom. The number of primary amides is 1.